The first-order valence-corrected chi connectivity index (χ1v) is 8.52. The average Bonchev–Trinajstić information content (AvgIpc) is 2.60. The summed E-state index contributed by atoms with van der Waals surface area (Å²) >= 11 is 0. The lowest BCUT2D eigenvalue weighted by molar-refractivity contribution is -0.383. The molecule has 1 aromatic carbocycles. The summed E-state index contributed by atoms with van der Waals surface area (Å²) in [5.74, 6) is -1.02. The van der Waals surface area contributed by atoms with E-state index in [0.717, 1.165) is 32.1 Å². The molecule has 3 N–H and O–H groups in total. The summed E-state index contributed by atoms with van der Waals surface area (Å²) in [7, 11) is 0. The lowest BCUT2D eigenvalue weighted by Gasteiger charge is -2.20. The third kappa shape index (κ3) is 5.74. The monoisotopic (exact) mass is 349 g/mol. The third-order valence-electron chi connectivity index (χ3n) is 4.32. The van der Waals surface area contributed by atoms with Gasteiger partial charge in [-0.1, -0.05) is 19.3 Å². The molecule has 0 aromatic heterocycles. The van der Waals surface area contributed by atoms with Crippen LogP contribution in [-0.4, -0.2) is 28.5 Å². The third-order valence-corrected chi connectivity index (χ3v) is 4.32. The number of amides is 1. The van der Waals surface area contributed by atoms with E-state index >= 15 is 0 Å². The maximum atomic E-state index is 12.3. The summed E-state index contributed by atoms with van der Waals surface area (Å²) in [6.07, 6.45) is 5.31. The second-order valence-corrected chi connectivity index (χ2v) is 6.24. The Morgan fingerprint density at radius 1 is 1.24 bits per heavy atom. The second-order valence-electron chi connectivity index (χ2n) is 6.24. The highest BCUT2D eigenvalue weighted by molar-refractivity contribution is 5.93. The van der Waals surface area contributed by atoms with Crippen LogP contribution >= 0.6 is 0 Å². The zero-order valence-electron chi connectivity index (χ0n) is 14.0. The smallest absolute Gasteiger partial charge is 0.303 e. The van der Waals surface area contributed by atoms with Crippen LogP contribution in [0.25, 0.3) is 0 Å². The van der Waals surface area contributed by atoms with Crippen molar-refractivity contribution in [2.24, 2.45) is 5.92 Å². The Kier molecular flexibility index (Phi) is 6.73. The number of nitrogens with zero attached hydrogens (tertiary/aromatic N) is 1. The van der Waals surface area contributed by atoms with E-state index in [2.05, 4.69) is 10.6 Å². The number of hydrogen-bond donors (Lipinski definition) is 3. The van der Waals surface area contributed by atoms with Crippen LogP contribution in [0.1, 0.15) is 44.9 Å². The predicted molar refractivity (Wildman–Crippen MR) is 93.7 cm³/mol. The molecule has 25 heavy (non-hydrogen) atoms. The highest BCUT2D eigenvalue weighted by Crippen LogP contribution is 2.29. The molecule has 0 saturated heterocycles. The minimum atomic E-state index is -0.905. The molecule has 0 aliphatic heterocycles. The highest BCUT2D eigenvalue weighted by atomic mass is 16.6. The van der Waals surface area contributed by atoms with Gasteiger partial charge in [0.15, 0.2) is 0 Å². The SMILES string of the molecule is O=C(O)CCCNc1ccc(NC(=O)C2CCCCC2)cc1[N+](=O)[O-]. The predicted octanol–water partition coefficient (Wildman–Crippen LogP) is 3.39. The van der Waals surface area contributed by atoms with E-state index in [4.69, 9.17) is 5.11 Å². The standard InChI is InChI=1S/C17H23N3O5/c21-16(22)7-4-10-18-14-9-8-13(11-15(14)20(24)25)19-17(23)12-5-2-1-3-6-12/h8-9,11-12,18H,1-7,10H2,(H,19,23)(H,21,22). The molecule has 0 bridgehead atoms. The number of carbonyl (C=O) groups is 2. The van der Waals surface area contributed by atoms with Crippen molar-refractivity contribution < 1.29 is 19.6 Å². The van der Waals surface area contributed by atoms with Gasteiger partial charge in [-0.3, -0.25) is 19.7 Å². The summed E-state index contributed by atoms with van der Waals surface area (Å²) in [4.78, 5) is 33.5. The first-order chi connectivity index (χ1) is 12.0. The zero-order valence-corrected chi connectivity index (χ0v) is 14.0. The lowest BCUT2D eigenvalue weighted by Crippen LogP contribution is -2.24. The van der Waals surface area contributed by atoms with Crippen LogP contribution < -0.4 is 10.6 Å². The molecule has 1 aromatic rings. The fourth-order valence-electron chi connectivity index (χ4n) is 2.98. The number of nitro benzene ring substituents is 1. The number of carboxylic acids is 1. The highest BCUT2D eigenvalue weighted by Gasteiger charge is 2.22. The average molecular weight is 349 g/mol. The van der Waals surface area contributed by atoms with Gasteiger partial charge in [0.2, 0.25) is 5.91 Å². The van der Waals surface area contributed by atoms with E-state index in [1.807, 2.05) is 0 Å². The molecule has 1 aliphatic carbocycles. The number of carbonyl (C=O) groups excluding carboxylic acids is 1. The van der Waals surface area contributed by atoms with Crippen LogP contribution in [0.2, 0.25) is 0 Å². The Balaban J connectivity index is 2.00. The van der Waals surface area contributed by atoms with Crippen molar-refractivity contribution in [3.63, 3.8) is 0 Å². The van der Waals surface area contributed by atoms with E-state index in [1.54, 1.807) is 6.07 Å². The van der Waals surface area contributed by atoms with Crippen molar-refractivity contribution in [1.29, 1.82) is 0 Å². The van der Waals surface area contributed by atoms with Crippen molar-refractivity contribution in [3.8, 4) is 0 Å². The van der Waals surface area contributed by atoms with Gasteiger partial charge >= 0.3 is 5.97 Å². The summed E-state index contributed by atoms with van der Waals surface area (Å²) < 4.78 is 0. The molecule has 0 atom stereocenters. The van der Waals surface area contributed by atoms with E-state index in [9.17, 15) is 19.7 Å². The molecular weight excluding hydrogens is 326 g/mol. The first-order valence-electron chi connectivity index (χ1n) is 8.52. The number of hydrogen-bond acceptors (Lipinski definition) is 5. The van der Waals surface area contributed by atoms with E-state index in [1.165, 1.54) is 12.1 Å². The molecule has 0 unspecified atom stereocenters. The van der Waals surface area contributed by atoms with Crippen molar-refractivity contribution in [3.05, 3.63) is 28.3 Å². The van der Waals surface area contributed by atoms with Gasteiger partial charge in [0.25, 0.3) is 5.69 Å². The molecular formula is C17H23N3O5. The number of nitrogens with one attached hydrogen (secondary N) is 2. The van der Waals surface area contributed by atoms with Gasteiger partial charge in [-0.15, -0.1) is 0 Å². The van der Waals surface area contributed by atoms with Gasteiger partial charge in [-0.2, -0.15) is 0 Å². The molecule has 0 heterocycles. The molecule has 1 saturated carbocycles. The van der Waals surface area contributed by atoms with Gasteiger partial charge in [0.05, 0.1) is 4.92 Å². The number of aliphatic carboxylic acids is 1. The molecule has 8 nitrogen and oxygen atoms in total. The Morgan fingerprint density at radius 2 is 1.96 bits per heavy atom. The van der Waals surface area contributed by atoms with Gasteiger partial charge in [-0.25, -0.2) is 0 Å². The zero-order chi connectivity index (χ0) is 18.2. The Bertz CT molecular complexity index is 641. The van der Waals surface area contributed by atoms with E-state index in [-0.39, 0.29) is 23.9 Å². The van der Waals surface area contributed by atoms with E-state index in [0.29, 0.717) is 24.3 Å². The largest absolute Gasteiger partial charge is 0.481 e. The molecule has 1 aliphatic rings. The van der Waals surface area contributed by atoms with Crippen molar-refractivity contribution in [1.82, 2.24) is 0 Å². The lowest BCUT2D eigenvalue weighted by atomic mass is 9.88. The van der Waals surface area contributed by atoms with Gasteiger partial charge in [0.1, 0.15) is 5.69 Å². The molecule has 2 rings (SSSR count). The fraction of sp³-hybridized carbons (Fsp3) is 0.529. The van der Waals surface area contributed by atoms with Gasteiger partial charge in [-0.05, 0) is 31.4 Å². The molecule has 1 amide bonds. The first kappa shape index (κ1) is 18.7. The minimum absolute atomic E-state index is 0.00364. The van der Waals surface area contributed by atoms with Crippen molar-refractivity contribution >= 4 is 28.9 Å². The van der Waals surface area contributed by atoms with Crippen molar-refractivity contribution in [2.45, 2.75) is 44.9 Å². The summed E-state index contributed by atoms with van der Waals surface area (Å²) in [5, 5.41) is 25.5. The molecule has 0 radical (unpaired) electrons. The minimum Gasteiger partial charge on any atom is -0.481 e. The van der Waals surface area contributed by atoms with Gasteiger partial charge in [0, 0.05) is 30.6 Å². The number of carboxylic acid groups (broad SMARTS) is 1. The maximum absolute atomic E-state index is 12.3. The maximum Gasteiger partial charge on any atom is 0.303 e. The fourth-order valence-corrected chi connectivity index (χ4v) is 2.98. The quantitative estimate of drug-likeness (QED) is 0.376. The Morgan fingerprint density at radius 3 is 2.60 bits per heavy atom. The van der Waals surface area contributed by atoms with Crippen LogP contribution in [0.3, 0.4) is 0 Å². The molecule has 1 fully saturated rings. The van der Waals surface area contributed by atoms with Gasteiger partial charge < -0.3 is 15.7 Å². The summed E-state index contributed by atoms with van der Waals surface area (Å²) in [6, 6.07) is 4.49. The number of nitro groups is 1. The van der Waals surface area contributed by atoms with Crippen LogP contribution in [-0.2, 0) is 9.59 Å². The number of benzene rings is 1. The number of anilines is 2. The van der Waals surface area contributed by atoms with E-state index < -0.39 is 10.9 Å². The number of rotatable bonds is 8. The van der Waals surface area contributed by atoms with Crippen LogP contribution in [0.4, 0.5) is 17.1 Å². The molecule has 8 heteroatoms. The summed E-state index contributed by atoms with van der Waals surface area (Å²) in [6.45, 7) is 0.320. The normalized spacial score (nSPS) is 14.7. The Labute approximate surface area is 145 Å². The second kappa shape index (κ2) is 9.00. The molecule has 136 valence electrons. The van der Waals surface area contributed by atoms with Crippen molar-refractivity contribution in [2.75, 3.05) is 17.2 Å². The summed E-state index contributed by atoms with van der Waals surface area (Å²) in [5.41, 5.74) is 0.571. The van der Waals surface area contributed by atoms with Crippen LogP contribution in [0.5, 0.6) is 0 Å². The van der Waals surface area contributed by atoms with Crippen LogP contribution in [0, 0.1) is 16.0 Å². The molecule has 0 spiro atoms. The topological polar surface area (TPSA) is 122 Å². The Hall–Kier alpha value is -2.64. The van der Waals surface area contributed by atoms with Crippen LogP contribution in [0.15, 0.2) is 18.2 Å².